The highest BCUT2D eigenvalue weighted by Gasteiger charge is 2.14. The molecule has 0 amide bonds. The van der Waals surface area contributed by atoms with Crippen molar-refractivity contribution < 1.29 is 4.74 Å². The predicted octanol–water partition coefficient (Wildman–Crippen LogP) is -0.0100. The van der Waals surface area contributed by atoms with Gasteiger partial charge in [-0.1, -0.05) is 0 Å². The van der Waals surface area contributed by atoms with E-state index < -0.39 is 0 Å². The minimum Gasteiger partial charge on any atom is -0.379 e. The molecule has 1 aliphatic heterocycles. The second-order valence-corrected chi connectivity index (χ2v) is 2.70. The Morgan fingerprint density at radius 1 is 1.50 bits per heavy atom. The molecule has 1 saturated heterocycles. The van der Waals surface area contributed by atoms with E-state index in [1.165, 1.54) is 0 Å². The Kier molecular flexibility index (Phi) is 3.12. The summed E-state index contributed by atoms with van der Waals surface area (Å²) in [6.07, 6.45) is 0. The summed E-state index contributed by atoms with van der Waals surface area (Å²) in [6, 6.07) is 0.406. The van der Waals surface area contributed by atoms with Gasteiger partial charge in [-0.3, -0.25) is 10.6 Å². The van der Waals surface area contributed by atoms with Crippen molar-refractivity contribution in [3.8, 4) is 0 Å². The van der Waals surface area contributed by atoms with Crippen LogP contribution in [0.2, 0.25) is 0 Å². The Labute approximate surface area is 62.1 Å². The average Bonchev–Trinajstić information content (AvgIpc) is 2.05. The monoisotopic (exact) mass is 143 g/mol. The summed E-state index contributed by atoms with van der Waals surface area (Å²) in [4.78, 5) is 2.30. The minimum absolute atomic E-state index is 0.406. The molecule has 59 valence electrons. The van der Waals surface area contributed by atoms with Gasteiger partial charge in [0.1, 0.15) is 0 Å². The second-order valence-electron chi connectivity index (χ2n) is 2.70. The zero-order chi connectivity index (χ0) is 7.40. The van der Waals surface area contributed by atoms with Crippen molar-refractivity contribution in [2.24, 2.45) is 0 Å². The van der Waals surface area contributed by atoms with Gasteiger partial charge in [-0.15, -0.1) is 0 Å². The van der Waals surface area contributed by atoms with Crippen LogP contribution in [0.25, 0.3) is 0 Å². The number of hydrogen-bond acceptors (Lipinski definition) is 2. The van der Waals surface area contributed by atoms with Crippen LogP contribution in [-0.4, -0.2) is 43.8 Å². The predicted molar refractivity (Wildman–Crippen MR) is 39.8 cm³/mol. The Morgan fingerprint density at radius 2 is 2.10 bits per heavy atom. The lowest BCUT2D eigenvalue weighted by Crippen LogP contribution is -2.43. The summed E-state index contributed by atoms with van der Waals surface area (Å²) in [7, 11) is 0. The SMILES string of the molecule is CC(C[NH])N1CCOCC1. The van der Waals surface area contributed by atoms with E-state index in [2.05, 4.69) is 11.8 Å². The number of morpholine rings is 1. The molecular weight excluding hydrogens is 128 g/mol. The molecule has 3 heteroatoms. The molecule has 1 unspecified atom stereocenters. The molecule has 1 rings (SSSR count). The number of nitrogens with one attached hydrogen (secondary N) is 1. The van der Waals surface area contributed by atoms with Crippen LogP contribution in [-0.2, 0) is 4.74 Å². The van der Waals surface area contributed by atoms with Gasteiger partial charge < -0.3 is 4.74 Å². The topological polar surface area (TPSA) is 36.3 Å². The van der Waals surface area contributed by atoms with Crippen molar-refractivity contribution in [3.05, 3.63) is 0 Å². The molecule has 1 aliphatic rings. The van der Waals surface area contributed by atoms with Crippen molar-refractivity contribution in [1.82, 2.24) is 10.6 Å². The Morgan fingerprint density at radius 3 is 2.60 bits per heavy atom. The van der Waals surface area contributed by atoms with Gasteiger partial charge in [0, 0.05) is 25.7 Å². The summed E-state index contributed by atoms with van der Waals surface area (Å²) in [5.74, 6) is 0. The highest BCUT2D eigenvalue weighted by atomic mass is 16.5. The molecule has 0 aromatic heterocycles. The third-order valence-corrected chi connectivity index (χ3v) is 1.96. The summed E-state index contributed by atoms with van der Waals surface area (Å²) < 4.78 is 5.19. The maximum absolute atomic E-state index is 7.16. The molecule has 0 aromatic carbocycles. The fraction of sp³-hybridized carbons (Fsp3) is 1.00. The summed E-state index contributed by atoms with van der Waals surface area (Å²) in [5.41, 5.74) is 7.16. The number of ether oxygens (including phenoxy) is 1. The summed E-state index contributed by atoms with van der Waals surface area (Å²) in [6.45, 7) is 6.27. The third kappa shape index (κ3) is 1.94. The first-order valence-corrected chi connectivity index (χ1v) is 3.81. The molecule has 3 nitrogen and oxygen atoms in total. The first kappa shape index (κ1) is 7.98. The lowest BCUT2D eigenvalue weighted by molar-refractivity contribution is 0.0217. The van der Waals surface area contributed by atoms with E-state index in [0.29, 0.717) is 12.6 Å². The zero-order valence-corrected chi connectivity index (χ0v) is 6.47. The Bertz CT molecular complexity index is 91.6. The molecule has 1 fully saturated rings. The summed E-state index contributed by atoms with van der Waals surface area (Å²) in [5, 5.41) is 0. The lowest BCUT2D eigenvalue weighted by atomic mass is 10.2. The largest absolute Gasteiger partial charge is 0.379 e. The van der Waals surface area contributed by atoms with Gasteiger partial charge in [-0.25, -0.2) is 0 Å². The van der Waals surface area contributed by atoms with Crippen molar-refractivity contribution in [1.29, 1.82) is 0 Å². The zero-order valence-electron chi connectivity index (χ0n) is 6.47. The van der Waals surface area contributed by atoms with Crippen molar-refractivity contribution in [2.45, 2.75) is 13.0 Å². The highest BCUT2D eigenvalue weighted by molar-refractivity contribution is 4.69. The molecular formula is C7H15N2O. The van der Waals surface area contributed by atoms with Gasteiger partial charge in [0.05, 0.1) is 13.2 Å². The van der Waals surface area contributed by atoms with Crippen LogP contribution >= 0.6 is 0 Å². The molecule has 1 radical (unpaired) electrons. The van der Waals surface area contributed by atoms with E-state index in [4.69, 9.17) is 10.5 Å². The maximum Gasteiger partial charge on any atom is 0.0594 e. The standard InChI is InChI=1S/C7H15N2O/c1-7(6-8)9-2-4-10-5-3-9/h7-8H,2-6H2,1H3. The van der Waals surface area contributed by atoms with Gasteiger partial charge >= 0.3 is 0 Å². The van der Waals surface area contributed by atoms with Gasteiger partial charge in [0.25, 0.3) is 0 Å². The molecule has 0 saturated carbocycles. The van der Waals surface area contributed by atoms with Crippen molar-refractivity contribution in [3.63, 3.8) is 0 Å². The molecule has 0 bridgehead atoms. The molecule has 1 N–H and O–H groups in total. The Hall–Kier alpha value is -0.120. The van der Waals surface area contributed by atoms with E-state index >= 15 is 0 Å². The van der Waals surface area contributed by atoms with Gasteiger partial charge in [0.2, 0.25) is 0 Å². The molecule has 10 heavy (non-hydrogen) atoms. The molecule has 0 aliphatic carbocycles. The number of rotatable bonds is 2. The highest BCUT2D eigenvalue weighted by Crippen LogP contribution is 2.01. The minimum atomic E-state index is 0.406. The van der Waals surface area contributed by atoms with Crippen LogP contribution < -0.4 is 5.73 Å². The smallest absolute Gasteiger partial charge is 0.0594 e. The fourth-order valence-corrected chi connectivity index (χ4v) is 1.15. The van der Waals surface area contributed by atoms with Crippen LogP contribution in [0, 0.1) is 0 Å². The van der Waals surface area contributed by atoms with E-state index in [9.17, 15) is 0 Å². The third-order valence-electron chi connectivity index (χ3n) is 1.96. The van der Waals surface area contributed by atoms with E-state index in [1.807, 2.05) is 0 Å². The fourth-order valence-electron chi connectivity index (χ4n) is 1.15. The van der Waals surface area contributed by atoms with E-state index in [0.717, 1.165) is 26.3 Å². The second kappa shape index (κ2) is 3.91. The average molecular weight is 143 g/mol. The molecule has 0 spiro atoms. The van der Waals surface area contributed by atoms with Crippen LogP contribution in [0.3, 0.4) is 0 Å². The van der Waals surface area contributed by atoms with Crippen molar-refractivity contribution >= 4 is 0 Å². The first-order chi connectivity index (χ1) is 4.84. The number of nitrogens with zero attached hydrogens (tertiary/aromatic N) is 1. The summed E-state index contributed by atoms with van der Waals surface area (Å²) >= 11 is 0. The Balaban J connectivity index is 2.24. The molecule has 1 atom stereocenters. The van der Waals surface area contributed by atoms with E-state index in [-0.39, 0.29) is 0 Å². The van der Waals surface area contributed by atoms with Crippen LogP contribution in [0.15, 0.2) is 0 Å². The van der Waals surface area contributed by atoms with Gasteiger partial charge in [-0.2, -0.15) is 0 Å². The van der Waals surface area contributed by atoms with Crippen LogP contribution in [0.1, 0.15) is 6.92 Å². The first-order valence-electron chi connectivity index (χ1n) is 3.81. The molecule has 0 aromatic rings. The van der Waals surface area contributed by atoms with Crippen LogP contribution in [0.5, 0.6) is 0 Å². The number of hydrogen-bond donors (Lipinski definition) is 0. The maximum atomic E-state index is 7.16. The van der Waals surface area contributed by atoms with E-state index in [1.54, 1.807) is 0 Å². The molecule has 1 heterocycles. The van der Waals surface area contributed by atoms with Gasteiger partial charge in [0.15, 0.2) is 0 Å². The normalized spacial score (nSPS) is 24.6. The quantitative estimate of drug-likeness (QED) is 0.545. The lowest BCUT2D eigenvalue weighted by Gasteiger charge is -2.31. The van der Waals surface area contributed by atoms with Gasteiger partial charge in [-0.05, 0) is 6.92 Å². The van der Waals surface area contributed by atoms with Crippen LogP contribution in [0.4, 0.5) is 0 Å². The van der Waals surface area contributed by atoms with Crippen molar-refractivity contribution in [2.75, 3.05) is 32.8 Å².